The van der Waals surface area contributed by atoms with E-state index in [1.54, 1.807) is 0 Å². The first-order valence-electron chi connectivity index (χ1n) is 19.6. The second-order valence-electron chi connectivity index (χ2n) is 15.6. The summed E-state index contributed by atoms with van der Waals surface area (Å²) in [5.74, 6) is 1.85. The predicted octanol–water partition coefficient (Wildman–Crippen LogP) is 12.9. The summed E-state index contributed by atoms with van der Waals surface area (Å²) in [5, 5.41) is 7.15. The van der Waals surface area contributed by atoms with Crippen molar-refractivity contribution in [2.45, 2.75) is 19.3 Å². The molecule has 0 aliphatic heterocycles. The number of para-hydroxylation sites is 3. The van der Waals surface area contributed by atoms with Gasteiger partial charge in [0, 0.05) is 43.8 Å². The van der Waals surface area contributed by atoms with Crippen molar-refractivity contribution in [1.29, 1.82) is 0 Å². The number of rotatable bonds is 4. The minimum atomic E-state index is -0.162. The van der Waals surface area contributed by atoms with Crippen LogP contribution in [0.4, 0.5) is 0 Å². The van der Waals surface area contributed by atoms with Crippen LogP contribution in [0.3, 0.4) is 0 Å². The van der Waals surface area contributed by atoms with Crippen molar-refractivity contribution in [2.24, 2.45) is 0 Å². The van der Waals surface area contributed by atoms with Gasteiger partial charge in [0.25, 0.3) is 0 Å². The van der Waals surface area contributed by atoms with E-state index in [1.807, 2.05) is 18.2 Å². The molecule has 0 saturated carbocycles. The maximum Gasteiger partial charge on any atom is 0.238 e. The van der Waals surface area contributed by atoms with Gasteiger partial charge >= 0.3 is 0 Å². The molecule has 5 heteroatoms. The molecule has 0 saturated heterocycles. The number of benzene rings is 8. The normalized spacial score (nSPS) is 13.2. The second kappa shape index (κ2) is 11.8. The Morgan fingerprint density at radius 2 is 0.912 bits per heavy atom. The third kappa shape index (κ3) is 4.48. The fourth-order valence-corrected chi connectivity index (χ4v) is 9.60. The second-order valence-corrected chi connectivity index (χ2v) is 15.6. The molecule has 57 heavy (non-hydrogen) atoms. The number of nitrogens with zero attached hydrogens (tertiary/aromatic N) is 5. The summed E-state index contributed by atoms with van der Waals surface area (Å²) in [6, 6.07) is 62.8. The molecule has 0 radical (unpaired) electrons. The van der Waals surface area contributed by atoms with Crippen LogP contribution in [-0.2, 0) is 5.41 Å². The SMILES string of the molecule is CC1(C)c2ccccc2-c2ccc(-c3nc(-c4ccccc4)nc(-n4c5ccccc5c5c6ccccc6c6c7ccccc7n(-c7ccccc7)c6c54)n3)cc21. The van der Waals surface area contributed by atoms with Crippen LogP contribution in [0.5, 0.6) is 0 Å². The first-order valence-corrected chi connectivity index (χ1v) is 19.6. The minimum Gasteiger partial charge on any atom is -0.307 e. The van der Waals surface area contributed by atoms with Crippen molar-refractivity contribution in [3.05, 3.63) is 187 Å². The van der Waals surface area contributed by atoms with E-state index >= 15 is 0 Å². The summed E-state index contributed by atoms with van der Waals surface area (Å²) in [5.41, 5.74) is 12.4. The monoisotopic (exact) mass is 729 g/mol. The van der Waals surface area contributed by atoms with Crippen LogP contribution in [0, 0.1) is 0 Å². The van der Waals surface area contributed by atoms with Gasteiger partial charge in [-0.3, -0.25) is 4.57 Å². The van der Waals surface area contributed by atoms with E-state index in [-0.39, 0.29) is 5.41 Å². The Labute approximate surface area is 329 Å². The quantitative estimate of drug-likeness (QED) is 0.181. The fourth-order valence-electron chi connectivity index (χ4n) is 9.60. The van der Waals surface area contributed by atoms with Crippen LogP contribution in [0.15, 0.2) is 176 Å². The van der Waals surface area contributed by atoms with Crippen molar-refractivity contribution >= 4 is 54.4 Å². The molecule has 1 aliphatic rings. The molecular weight excluding hydrogens is 695 g/mol. The highest BCUT2D eigenvalue weighted by Gasteiger charge is 2.35. The van der Waals surface area contributed by atoms with E-state index in [2.05, 4.69) is 181 Å². The van der Waals surface area contributed by atoms with E-state index in [4.69, 9.17) is 15.0 Å². The van der Waals surface area contributed by atoms with E-state index in [0.29, 0.717) is 17.6 Å². The highest BCUT2D eigenvalue weighted by atomic mass is 15.2. The lowest BCUT2D eigenvalue weighted by Crippen LogP contribution is -2.15. The van der Waals surface area contributed by atoms with Gasteiger partial charge in [0.1, 0.15) is 0 Å². The molecule has 3 aromatic heterocycles. The Kier molecular flexibility index (Phi) is 6.62. The van der Waals surface area contributed by atoms with Gasteiger partial charge in [0.2, 0.25) is 5.95 Å². The van der Waals surface area contributed by atoms with Crippen molar-refractivity contribution in [3.63, 3.8) is 0 Å². The molecule has 0 atom stereocenters. The van der Waals surface area contributed by atoms with Crippen molar-refractivity contribution < 1.29 is 0 Å². The Morgan fingerprint density at radius 1 is 0.404 bits per heavy atom. The number of hydrogen-bond acceptors (Lipinski definition) is 3. The van der Waals surface area contributed by atoms with Gasteiger partial charge in [-0.1, -0.05) is 159 Å². The lowest BCUT2D eigenvalue weighted by atomic mass is 9.82. The summed E-state index contributed by atoms with van der Waals surface area (Å²) >= 11 is 0. The molecule has 12 rings (SSSR count). The molecule has 8 aromatic carbocycles. The first-order chi connectivity index (χ1) is 28.1. The molecule has 1 aliphatic carbocycles. The van der Waals surface area contributed by atoms with Gasteiger partial charge in [-0.15, -0.1) is 0 Å². The van der Waals surface area contributed by atoms with E-state index < -0.39 is 0 Å². The topological polar surface area (TPSA) is 48.5 Å². The summed E-state index contributed by atoms with van der Waals surface area (Å²) in [4.78, 5) is 16.1. The van der Waals surface area contributed by atoms with E-state index in [1.165, 1.54) is 49.2 Å². The molecule has 5 nitrogen and oxygen atoms in total. The van der Waals surface area contributed by atoms with E-state index in [9.17, 15) is 0 Å². The Hall–Kier alpha value is -7.37. The molecule has 0 amide bonds. The number of hydrogen-bond donors (Lipinski definition) is 0. The maximum absolute atomic E-state index is 5.47. The molecule has 0 fully saturated rings. The minimum absolute atomic E-state index is 0.162. The molecular formula is C52H35N5. The van der Waals surface area contributed by atoms with Gasteiger partial charge in [0.15, 0.2) is 11.6 Å². The standard InChI is InChI=1S/C52H35N5/c1-52(2)41-26-14-11-21-35(41)36-30-29-33(31-42(36)52)50-53-49(32-17-5-3-6-18-32)54-51(55-50)57-44-28-16-13-25-40(44)46-38-23-10-9-22-37(38)45-39-24-12-15-27-43(39)56(47(45)48(46)57)34-19-7-4-8-20-34/h3-31H,1-2H3. The van der Waals surface area contributed by atoms with Gasteiger partial charge in [-0.25, -0.2) is 4.98 Å². The summed E-state index contributed by atoms with van der Waals surface area (Å²) in [6.45, 7) is 4.63. The molecule has 3 heterocycles. The van der Waals surface area contributed by atoms with Crippen molar-refractivity contribution in [3.8, 4) is 45.5 Å². The fraction of sp³-hybridized carbons (Fsp3) is 0.0577. The summed E-state index contributed by atoms with van der Waals surface area (Å²) in [6.07, 6.45) is 0. The van der Waals surface area contributed by atoms with Gasteiger partial charge in [0.05, 0.1) is 22.1 Å². The zero-order valence-electron chi connectivity index (χ0n) is 31.5. The average Bonchev–Trinajstić information content (AvgIpc) is 3.88. The highest BCUT2D eigenvalue weighted by molar-refractivity contribution is 6.36. The highest BCUT2D eigenvalue weighted by Crippen LogP contribution is 2.50. The van der Waals surface area contributed by atoms with Crippen LogP contribution < -0.4 is 0 Å². The summed E-state index contributed by atoms with van der Waals surface area (Å²) < 4.78 is 4.72. The van der Waals surface area contributed by atoms with Gasteiger partial charge in [-0.05, 0) is 63.4 Å². The van der Waals surface area contributed by atoms with Crippen molar-refractivity contribution in [2.75, 3.05) is 0 Å². The predicted molar refractivity (Wildman–Crippen MR) is 234 cm³/mol. The summed E-state index contributed by atoms with van der Waals surface area (Å²) in [7, 11) is 0. The van der Waals surface area contributed by atoms with Crippen LogP contribution in [-0.4, -0.2) is 24.1 Å². The zero-order chi connectivity index (χ0) is 37.8. The van der Waals surface area contributed by atoms with Gasteiger partial charge < -0.3 is 4.57 Å². The van der Waals surface area contributed by atoms with Crippen LogP contribution in [0.2, 0.25) is 0 Å². The van der Waals surface area contributed by atoms with E-state index in [0.717, 1.165) is 44.3 Å². The molecule has 0 unspecified atom stereocenters. The first kappa shape index (κ1) is 31.9. The Morgan fingerprint density at radius 3 is 1.60 bits per heavy atom. The smallest absolute Gasteiger partial charge is 0.238 e. The molecule has 0 bridgehead atoms. The number of aromatic nitrogens is 5. The molecule has 11 aromatic rings. The number of fused-ring (bicyclic) bond motifs is 13. The third-order valence-corrected chi connectivity index (χ3v) is 12.2. The largest absolute Gasteiger partial charge is 0.307 e. The lowest BCUT2D eigenvalue weighted by Gasteiger charge is -2.21. The maximum atomic E-state index is 5.47. The zero-order valence-corrected chi connectivity index (χ0v) is 31.5. The third-order valence-electron chi connectivity index (χ3n) is 12.2. The van der Waals surface area contributed by atoms with Crippen LogP contribution in [0.25, 0.3) is 99.9 Å². The van der Waals surface area contributed by atoms with Gasteiger partial charge in [-0.2, -0.15) is 9.97 Å². The van der Waals surface area contributed by atoms with Crippen molar-refractivity contribution in [1.82, 2.24) is 24.1 Å². The molecule has 0 N–H and O–H groups in total. The Bertz CT molecular complexity index is 3430. The Balaban J connectivity index is 1.24. The molecule has 0 spiro atoms. The molecule has 268 valence electrons. The van der Waals surface area contributed by atoms with Crippen LogP contribution in [0.1, 0.15) is 25.0 Å². The lowest BCUT2D eigenvalue weighted by molar-refractivity contribution is 0.660. The average molecular weight is 730 g/mol. The van der Waals surface area contributed by atoms with Crippen LogP contribution >= 0.6 is 0 Å².